The summed E-state index contributed by atoms with van der Waals surface area (Å²) in [6, 6.07) is 8.07. The number of guanidine groups is 1. The minimum absolute atomic E-state index is 0. The van der Waals surface area contributed by atoms with Crippen LogP contribution in [0.1, 0.15) is 23.5 Å². The third-order valence-corrected chi connectivity index (χ3v) is 5.21. The molecule has 0 radical (unpaired) electrons. The molecular formula is C20H30IN3O3S. The van der Waals surface area contributed by atoms with E-state index in [1.807, 2.05) is 12.1 Å². The van der Waals surface area contributed by atoms with Crippen molar-refractivity contribution in [2.75, 3.05) is 39.5 Å². The first-order valence-corrected chi connectivity index (χ1v) is 10.5. The van der Waals surface area contributed by atoms with E-state index in [4.69, 9.17) is 13.9 Å². The number of halogens is 1. The Bertz CT molecular complexity index is 644. The fraction of sp³-hybridized carbons (Fsp3) is 0.550. The van der Waals surface area contributed by atoms with E-state index < -0.39 is 0 Å². The van der Waals surface area contributed by atoms with E-state index in [-0.39, 0.29) is 24.0 Å². The maximum Gasteiger partial charge on any atom is 0.191 e. The van der Waals surface area contributed by atoms with Crippen molar-refractivity contribution in [1.82, 2.24) is 10.6 Å². The molecule has 156 valence electrons. The summed E-state index contributed by atoms with van der Waals surface area (Å²) in [7, 11) is 0. The van der Waals surface area contributed by atoms with Gasteiger partial charge in [-0.3, -0.25) is 0 Å². The van der Waals surface area contributed by atoms with Gasteiger partial charge < -0.3 is 24.5 Å². The molecule has 0 spiro atoms. The van der Waals surface area contributed by atoms with Crippen LogP contribution in [0.15, 0.2) is 45.3 Å². The van der Waals surface area contributed by atoms with Gasteiger partial charge >= 0.3 is 0 Å². The number of thiophene rings is 1. The molecule has 2 aromatic heterocycles. The molecule has 1 fully saturated rings. The van der Waals surface area contributed by atoms with Crippen LogP contribution in [-0.4, -0.2) is 45.5 Å². The fourth-order valence-corrected chi connectivity index (χ4v) is 3.47. The molecule has 0 amide bonds. The number of rotatable bonds is 11. The van der Waals surface area contributed by atoms with Gasteiger partial charge in [0.1, 0.15) is 5.76 Å². The van der Waals surface area contributed by atoms with E-state index in [0.717, 1.165) is 70.5 Å². The molecule has 28 heavy (non-hydrogen) atoms. The second-order valence-electron chi connectivity index (χ2n) is 6.59. The van der Waals surface area contributed by atoms with E-state index >= 15 is 0 Å². The van der Waals surface area contributed by atoms with Gasteiger partial charge in [-0.2, -0.15) is 0 Å². The highest BCUT2D eigenvalue weighted by Gasteiger charge is 2.15. The lowest BCUT2D eigenvalue weighted by molar-refractivity contribution is 0.0888. The van der Waals surface area contributed by atoms with Crippen LogP contribution in [0.3, 0.4) is 0 Å². The second-order valence-corrected chi connectivity index (χ2v) is 7.62. The molecule has 8 heteroatoms. The molecule has 1 unspecified atom stereocenters. The predicted octanol–water partition coefficient (Wildman–Crippen LogP) is 3.68. The predicted molar refractivity (Wildman–Crippen MR) is 124 cm³/mol. The highest BCUT2D eigenvalue weighted by Crippen LogP contribution is 2.12. The Labute approximate surface area is 188 Å². The third-order valence-electron chi connectivity index (χ3n) is 4.35. The largest absolute Gasteiger partial charge is 0.469 e. The molecule has 1 atom stereocenters. The summed E-state index contributed by atoms with van der Waals surface area (Å²) < 4.78 is 16.5. The number of aliphatic imine (C=N–C) groups is 1. The molecule has 1 aliphatic heterocycles. The first-order valence-electron chi connectivity index (χ1n) is 9.62. The summed E-state index contributed by atoms with van der Waals surface area (Å²) in [5.74, 6) is 2.38. The van der Waals surface area contributed by atoms with Gasteiger partial charge in [-0.25, -0.2) is 4.99 Å². The van der Waals surface area contributed by atoms with Crippen LogP contribution in [0.5, 0.6) is 0 Å². The Balaban J connectivity index is 0.00000280. The lowest BCUT2D eigenvalue weighted by Gasteiger charge is -2.13. The van der Waals surface area contributed by atoms with Gasteiger partial charge in [0.25, 0.3) is 0 Å². The fourth-order valence-electron chi connectivity index (χ4n) is 2.84. The molecule has 1 saturated heterocycles. The average molecular weight is 519 g/mol. The Morgan fingerprint density at radius 2 is 2.18 bits per heavy atom. The minimum atomic E-state index is 0. The highest BCUT2D eigenvalue weighted by molar-refractivity contribution is 14.0. The van der Waals surface area contributed by atoms with Crippen LogP contribution < -0.4 is 10.6 Å². The zero-order valence-corrected chi connectivity index (χ0v) is 19.2. The van der Waals surface area contributed by atoms with E-state index in [2.05, 4.69) is 33.1 Å². The molecule has 0 aromatic carbocycles. The third kappa shape index (κ3) is 8.93. The topological polar surface area (TPSA) is 68.0 Å². The standard InChI is InChI=1S/C20H29N3O3S.HI/c1-4-18(26-11-1)6-9-22-20(23-14-19-5-2-13-27-19)21-8-3-10-24-15-17-7-12-25-16-17;/h1-2,4-5,11,13,17H,3,6-10,12,14-16H2,(H2,21,22,23);1H. The van der Waals surface area contributed by atoms with Crippen LogP contribution in [0.2, 0.25) is 0 Å². The first kappa shape index (κ1) is 23.2. The normalized spacial score (nSPS) is 16.7. The number of nitrogens with one attached hydrogen (secondary N) is 2. The minimum Gasteiger partial charge on any atom is -0.469 e. The second kappa shape index (κ2) is 14.0. The zero-order chi connectivity index (χ0) is 18.6. The molecular weight excluding hydrogens is 489 g/mol. The van der Waals surface area contributed by atoms with Crippen molar-refractivity contribution in [2.24, 2.45) is 10.9 Å². The lowest BCUT2D eigenvalue weighted by atomic mass is 10.1. The smallest absolute Gasteiger partial charge is 0.191 e. The van der Waals surface area contributed by atoms with Gasteiger partial charge in [0, 0.05) is 43.5 Å². The number of ether oxygens (including phenoxy) is 2. The van der Waals surface area contributed by atoms with Gasteiger partial charge in [0.2, 0.25) is 0 Å². The van der Waals surface area contributed by atoms with E-state index in [0.29, 0.717) is 12.5 Å². The summed E-state index contributed by atoms with van der Waals surface area (Å²) in [5, 5.41) is 8.86. The molecule has 0 aliphatic carbocycles. The van der Waals surface area contributed by atoms with Gasteiger partial charge in [-0.05, 0) is 36.4 Å². The average Bonchev–Trinajstić information content (AvgIpc) is 3.45. The van der Waals surface area contributed by atoms with Crippen LogP contribution in [0.25, 0.3) is 0 Å². The van der Waals surface area contributed by atoms with Gasteiger partial charge in [0.15, 0.2) is 5.96 Å². The zero-order valence-electron chi connectivity index (χ0n) is 16.1. The Kier molecular flexibility index (Phi) is 11.6. The molecule has 2 aromatic rings. The Hall–Kier alpha value is -1.10. The van der Waals surface area contributed by atoms with Crippen molar-refractivity contribution in [3.05, 3.63) is 46.5 Å². The van der Waals surface area contributed by atoms with Crippen LogP contribution in [-0.2, 0) is 22.4 Å². The van der Waals surface area contributed by atoms with E-state index in [1.165, 1.54) is 4.88 Å². The van der Waals surface area contributed by atoms with Crippen molar-refractivity contribution in [3.8, 4) is 0 Å². The van der Waals surface area contributed by atoms with Crippen molar-refractivity contribution < 1.29 is 13.9 Å². The monoisotopic (exact) mass is 519 g/mol. The number of hydrogen-bond donors (Lipinski definition) is 2. The number of nitrogens with zero attached hydrogens (tertiary/aromatic N) is 1. The molecule has 0 saturated carbocycles. The SMILES string of the molecule is I.c1coc(CCNC(=NCc2cccs2)NCCCOCC2CCOC2)c1. The van der Waals surface area contributed by atoms with E-state index in [9.17, 15) is 0 Å². The van der Waals surface area contributed by atoms with Crippen LogP contribution in [0.4, 0.5) is 0 Å². The number of furan rings is 1. The van der Waals surface area contributed by atoms with Crippen LogP contribution >= 0.6 is 35.3 Å². The molecule has 3 heterocycles. The number of hydrogen-bond acceptors (Lipinski definition) is 5. The van der Waals surface area contributed by atoms with Gasteiger partial charge in [-0.15, -0.1) is 35.3 Å². The van der Waals surface area contributed by atoms with Crippen molar-refractivity contribution in [1.29, 1.82) is 0 Å². The van der Waals surface area contributed by atoms with Crippen LogP contribution in [0, 0.1) is 5.92 Å². The molecule has 2 N–H and O–H groups in total. The summed E-state index contributed by atoms with van der Waals surface area (Å²) in [5.41, 5.74) is 0. The van der Waals surface area contributed by atoms with Gasteiger partial charge in [0.05, 0.1) is 26.0 Å². The Morgan fingerprint density at radius 1 is 1.25 bits per heavy atom. The maximum absolute atomic E-state index is 5.76. The highest BCUT2D eigenvalue weighted by atomic mass is 127. The molecule has 3 rings (SSSR count). The summed E-state index contributed by atoms with van der Waals surface area (Å²) >= 11 is 1.73. The first-order chi connectivity index (χ1) is 13.4. The lowest BCUT2D eigenvalue weighted by Crippen LogP contribution is -2.39. The Morgan fingerprint density at radius 3 is 2.93 bits per heavy atom. The van der Waals surface area contributed by atoms with Gasteiger partial charge in [-0.1, -0.05) is 6.07 Å². The molecule has 0 bridgehead atoms. The summed E-state index contributed by atoms with van der Waals surface area (Å²) in [6.07, 6.45) is 4.61. The van der Waals surface area contributed by atoms with Crippen molar-refractivity contribution in [2.45, 2.75) is 25.8 Å². The quantitative estimate of drug-likeness (QED) is 0.205. The van der Waals surface area contributed by atoms with E-state index in [1.54, 1.807) is 17.6 Å². The summed E-state index contributed by atoms with van der Waals surface area (Å²) in [6.45, 7) is 5.58. The van der Waals surface area contributed by atoms with Crippen molar-refractivity contribution >= 4 is 41.3 Å². The summed E-state index contributed by atoms with van der Waals surface area (Å²) in [4.78, 5) is 5.94. The van der Waals surface area contributed by atoms with Crippen molar-refractivity contribution in [3.63, 3.8) is 0 Å². The molecule has 1 aliphatic rings. The molecule has 6 nitrogen and oxygen atoms in total. The maximum atomic E-state index is 5.76.